The van der Waals surface area contributed by atoms with Gasteiger partial charge in [-0.2, -0.15) is 5.10 Å². The summed E-state index contributed by atoms with van der Waals surface area (Å²) in [5.74, 6) is -0.124. The SMILES string of the molecule is C[C@@H](NC(=O)CCNC(=O)NCc1ccccc1)c1ccc(-n2cncn2)cc1. The predicted octanol–water partition coefficient (Wildman–Crippen LogP) is 2.33. The average molecular weight is 392 g/mol. The molecule has 1 aromatic heterocycles. The van der Waals surface area contributed by atoms with Gasteiger partial charge in [0.15, 0.2) is 0 Å². The van der Waals surface area contributed by atoms with Crippen LogP contribution in [0.25, 0.3) is 5.69 Å². The molecule has 0 bridgehead atoms. The van der Waals surface area contributed by atoms with Crippen LogP contribution in [0.5, 0.6) is 0 Å². The van der Waals surface area contributed by atoms with Gasteiger partial charge in [-0.1, -0.05) is 42.5 Å². The molecular formula is C21H24N6O2. The van der Waals surface area contributed by atoms with Gasteiger partial charge in [0, 0.05) is 19.5 Å². The summed E-state index contributed by atoms with van der Waals surface area (Å²) in [5, 5.41) is 12.5. The molecule has 3 amide bonds. The van der Waals surface area contributed by atoms with Gasteiger partial charge in [-0.05, 0) is 30.2 Å². The number of nitrogens with zero attached hydrogens (tertiary/aromatic N) is 3. The summed E-state index contributed by atoms with van der Waals surface area (Å²) < 4.78 is 1.67. The van der Waals surface area contributed by atoms with Crippen LogP contribution in [-0.2, 0) is 11.3 Å². The van der Waals surface area contributed by atoms with E-state index in [9.17, 15) is 9.59 Å². The van der Waals surface area contributed by atoms with E-state index >= 15 is 0 Å². The molecule has 3 rings (SSSR count). The van der Waals surface area contributed by atoms with Crippen LogP contribution in [0.2, 0.25) is 0 Å². The number of rotatable bonds is 8. The summed E-state index contributed by atoms with van der Waals surface area (Å²) in [7, 11) is 0. The predicted molar refractivity (Wildman–Crippen MR) is 109 cm³/mol. The first-order valence-electron chi connectivity index (χ1n) is 9.42. The van der Waals surface area contributed by atoms with Crippen LogP contribution >= 0.6 is 0 Å². The van der Waals surface area contributed by atoms with Crippen molar-refractivity contribution < 1.29 is 9.59 Å². The quantitative estimate of drug-likeness (QED) is 0.548. The molecule has 0 aliphatic rings. The highest BCUT2D eigenvalue weighted by molar-refractivity contribution is 5.78. The van der Waals surface area contributed by atoms with Crippen molar-refractivity contribution in [2.45, 2.75) is 25.9 Å². The monoisotopic (exact) mass is 392 g/mol. The van der Waals surface area contributed by atoms with Gasteiger partial charge >= 0.3 is 6.03 Å². The maximum atomic E-state index is 12.1. The second-order valence-electron chi connectivity index (χ2n) is 6.57. The molecule has 0 aliphatic carbocycles. The maximum absolute atomic E-state index is 12.1. The lowest BCUT2D eigenvalue weighted by atomic mass is 10.1. The molecule has 8 nitrogen and oxygen atoms in total. The van der Waals surface area contributed by atoms with Crippen LogP contribution < -0.4 is 16.0 Å². The summed E-state index contributed by atoms with van der Waals surface area (Å²) in [5.41, 5.74) is 2.90. The van der Waals surface area contributed by atoms with Gasteiger partial charge in [0.05, 0.1) is 11.7 Å². The minimum absolute atomic E-state index is 0.124. The fourth-order valence-electron chi connectivity index (χ4n) is 2.78. The van der Waals surface area contributed by atoms with Crippen LogP contribution in [0.15, 0.2) is 67.3 Å². The number of urea groups is 1. The maximum Gasteiger partial charge on any atom is 0.315 e. The number of hydrogen-bond acceptors (Lipinski definition) is 4. The van der Waals surface area contributed by atoms with Crippen LogP contribution in [0, 0.1) is 0 Å². The second kappa shape index (κ2) is 10.0. The molecule has 1 atom stereocenters. The Balaban J connectivity index is 1.37. The molecule has 8 heteroatoms. The summed E-state index contributed by atoms with van der Waals surface area (Å²) in [4.78, 5) is 27.9. The minimum atomic E-state index is -0.293. The smallest absolute Gasteiger partial charge is 0.315 e. The Morgan fingerprint density at radius 2 is 1.79 bits per heavy atom. The molecule has 0 aliphatic heterocycles. The Bertz CT molecular complexity index is 910. The van der Waals surface area contributed by atoms with E-state index in [1.54, 1.807) is 11.0 Å². The van der Waals surface area contributed by atoms with Crippen molar-refractivity contribution >= 4 is 11.9 Å². The number of aromatic nitrogens is 3. The zero-order valence-electron chi connectivity index (χ0n) is 16.2. The third-order valence-electron chi connectivity index (χ3n) is 4.39. The highest BCUT2D eigenvalue weighted by Gasteiger charge is 2.10. The molecule has 0 saturated heterocycles. The number of amides is 3. The number of hydrogen-bond donors (Lipinski definition) is 3. The molecule has 0 unspecified atom stereocenters. The van der Waals surface area contributed by atoms with E-state index in [0.29, 0.717) is 6.54 Å². The third kappa shape index (κ3) is 6.17. The van der Waals surface area contributed by atoms with E-state index in [0.717, 1.165) is 16.8 Å². The fraction of sp³-hybridized carbons (Fsp3) is 0.238. The first kappa shape index (κ1) is 20.1. The Morgan fingerprint density at radius 1 is 1.03 bits per heavy atom. The van der Waals surface area contributed by atoms with Crippen LogP contribution in [0.4, 0.5) is 4.79 Å². The zero-order valence-corrected chi connectivity index (χ0v) is 16.2. The summed E-state index contributed by atoms with van der Waals surface area (Å²) in [6, 6.07) is 16.9. The van der Waals surface area contributed by atoms with E-state index in [4.69, 9.17) is 0 Å². The fourth-order valence-corrected chi connectivity index (χ4v) is 2.78. The van der Waals surface area contributed by atoms with Gasteiger partial charge in [0.2, 0.25) is 5.91 Å². The average Bonchev–Trinajstić information content (AvgIpc) is 3.28. The van der Waals surface area contributed by atoms with Gasteiger partial charge < -0.3 is 16.0 Å². The molecule has 3 N–H and O–H groups in total. The first-order valence-corrected chi connectivity index (χ1v) is 9.42. The molecule has 1 heterocycles. The first-order chi connectivity index (χ1) is 14.1. The summed E-state index contributed by atoms with van der Waals surface area (Å²) in [6.07, 6.45) is 3.32. The molecule has 0 radical (unpaired) electrons. The van der Waals surface area contributed by atoms with Gasteiger partial charge in [-0.15, -0.1) is 0 Å². The summed E-state index contributed by atoms with van der Waals surface area (Å²) in [6.45, 7) is 2.63. The lowest BCUT2D eigenvalue weighted by molar-refractivity contribution is -0.121. The summed E-state index contributed by atoms with van der Waals surface area (Å²) >= 11 is 0. The van der Waals surface area contributed by atoms with E-state index in [1.807, 2.05) is 61.5 Å². The molecular weight excluding hydrogens is 368 g/mol. The van der Waals surface area contributed by atoms with Crippen molar-refractivity contribution in [2.24, 2.45) is 0 Å². The number of carbonyl (C=O) groups is 2. The van der Waals surface area contributed by atoms with Crippen molar-refractivity contribution in [1.29, 1.82) is 0 Å². The highest BCUT2D eigenvalue weighted by atomic mass is 16.2. The third-order valence-corrected chi connectivity index (χ3v) is 4.39. The van der Waals surface area contributed by atoms with Crippen LogP contribution in [0.1, 0.15) is 30.5 Å². The Kier molecular flexibility index (Phi) is 6.94. The van der Waals surface area contributed by atoms with Crippen molar-refractivity contribution in [3.05, 3.63) is 78.4 Å². The highest BCUT2D eigenvalue weighted by Crippen LogP contribution is 2.15. The van der Waals surface area contributed by atoms with E-state index < -0.39 is 0 Å². The Labute approximate surface area is 169 Å². The van der Waals surface area contributed by atoms with Crippen LogP contribution in [-0.4, -0.2) is 33.2 Å². The Hall–Kier alpha value is -3.68. The van der Waals surface area contributed by atoms with Gasteiger partial charge in [-0.25, -0.2) is 14.5 Å². The number of nitrogens with one attached hydrogen (secondary N) is 3. The lowest BCUT2D eigenvalue weighted by Crippen LogP contribution is -2.37. The molecule has 150 valence electrons. The van der Waals surface area contributed by atoms with Gasteiger partial charge in [0.25, 0.3) is 0 Å². The van der Waals surface area contributed by atoms with Crippen molar-refractivity contribution in [3.8, 4) is 5.69 Å². The largest absolute Gasteiger partial charge is 0.350 e. The van der Waals surface area contributed by atoms with Crippen molar-refractivity contribution in [1.82, 2.24) is 30.7 Å². The van der Waals surface area contributed by atoms with Crippen molar-refractivity contribution in [2.75, 3.05) is 6.54 Å². The van der Waals surface area contributed by atoms with Gasteiger partial charge in [0.1, 0.15) is 12.7 Å². The molecule has 0 fully saturated rings. The molecule has 29 heavy (non-hydrogen) atoms. The second-order valence-corrected chi connectivity index (χ2v) is 6.57. The molecule has 0 spiro atoms. The molecule has 0 saturated carbocycles. The normalized spacial score (nSPS) is 11.5. The van der Waals surface area contributed by atoms with E-state index in [2.05, 4.69) is 26.0 Å². The standard InChI is InChI=1S/C21H24N6O2/c1-16(18-7-9-19(10-8-18)27-15-22-14-25-27)26-20(28)11-12-23-21(29)24-13-17-5-3-2-4-6-17/h2-10,14-16H,11-13H2,1H3,(H,26,28)(H2,23,24,29)/t16-/m1/s1. The topological polar surface area (TPSA) is 101 Å². The number of carbonyl (C=O) groups excluding carboxylic acids is 2. The molecule has 2 aromatic carbocycles. The Morgan fingerprint density at radius 3 is 2.48 bits per heavy atom. The lowest BCUT2D eigenvalue weighted by Gasteiger charge is -2.15. The number of benzene rings is 2. The van der Waals surface area contributed by atoms with Crippen molar-refractivity contribution in [3.63, 3.8) is 0 Å². The van der Waals surface area contributed by atoms with Gasteiger partial charge in [-0.3, -0.25) is 4.79 Å². The minimum Gasteiger partial charge on any atom is -0.350 e. The van der Waals surface area contributed by atoms with E-state index in [1.165, 1.54) is 6.33 Å². The molecule has 3 aromatic rings. The van der Waals surface area contributed by atoms with Crippen LogP contribution in [0.3, 0.4) is 0 Å². The zero-order chi connectivity index (χ0) is 20.5. The van der Waals surface area contributed by atoms with E-state index in [-0.39, 0.29) is 30.9 Å².